The largest absolute Gasteiger partial charge is 0.398 e. The average Bonchev–Trinajstić information content (AvgIpc) is 2.35. The van der Waals surface area contributed by atoms with Gasteiger partial charge in [0, 0.05) is 5.69 Å². The molecule has 0 saturated heterocycles. The fraction of sp³-hybridized carbons (Fsp3) is 0.250. The van der Waals surface area contributed by atoms with Gasteiger partial charge in [-0.2, -0.15) is 10.2 Å². The van der Waals surface area contributed by atoms with Crippen LogP contribution in [0.4, 0.5) is 17.1 Å². The molecule has 0 unspecified atom stereocenters. The molecule has 2 aromatic carbocycles. The molecule has 3 heteroatoms. The van der Waals surface area contributed by atoms with Gasteiger partial charge in [-0.3, -0.25) is 0 Å². The van der Waals surface area contributed by atoms with Crippen LogP contribution in [0.25, 0.3) is 0 Å². The predicted octanol–water partition coefficient (Wildman–Crippen LogP) is 4.92. The van der Waals surface area contributed by atoms with Gasteiger partial charge in [0.2, 0.25) is 0 Å². The maximum absolute atomic E-state index is 5.93. The van der Waals surface area contributed by atoms with Gasteiger partial charge in [-0.25, -0.2) is 0 Å². The second-order valence-electron chi connectivity index (χ2n) is 4.93. The Bertz CT molecular complexity index is 599. The Labute approximate surface area is 114 Å². The summed E-state index contributed by atoms with van der Waals surface area (Å²) in [4.78, 5) is 0. The molecule has 0 bridgehead atoms. The summed E-state index contributed by atoms with van der Waals surface area (Å²) in [6.07, 6.45) is 0. The highest BCUT2D eigenvalue weighted by molar-refractivity contribution is 5.60. The summed E-state index contributed by atoms with van der Waals surface area (Å²) >= 11 is 0. The van der Waals surface area contributed by atoms with Gasteiger partial charge in [-0.15, -0.1) is 0 Å². The molecule has 3 nitrogen and oxygen atoms in total. The number of nitrogen functional groups attached to an aromatic ring is 1. The van der Waals surface area contributed by atoms with Crippen LogP contribution in [0.1, 0.15) is 22.3 Å². The monoisotopic (exact) mass is 253 g/mol. The lowest BCUT2D eigenvalue weighted by Gasteiger charge is -2.06. The fourth-order valence-electron chi connectivity index (χ4n) is 2.08. The van der Waals surface area contributed by atoms with Gasteiger partial charge < -0.3 is 5.73 Å². The van der Waals surface area contributed by atoms with Crippen LogP contribution in [-0.2, 0) is 0 Å². The minimum absolute atomic E-state index is 0.825. The van der Waals surface area contributed by atoms with Crippen LogP contribution in [0, 0.1) is 27.7 Å². The number of azo groups is 1. The lowest BCUT2D eigenvalue weighted by Crippen LogP contribution is -1.92. The zero-order valence-electron chi connectivity index (χ0n) is 11.9. The maximum atomic E-state index is 5.93. The fourth-order valence-corrected chi connectivity index (χ4v) is 2.08. The van der Waals surface area contributed by atoms with E-state index in [0.717, 1.165) is 39.3 Å². The summed E-state index contributed by atoms with van der Waals surface area (Å²) in [5.74, 6) is 0. The van der Waals surface area contributed by atoms with Gasteiger partial charge in [-0.05, 0) is 62.1 Å². The Morgan fingerprint density at radius 3 is 1.84 bits per heavy atom. The first-order valence-electron chi connectivity index (χ1n) is 6.33. The molecule has 0 radical (unpaired) electrons. The third-order valence-electron chi connectivity index (χ3n) is 3.28. The SMILES string of the molecule is Cc1cc(N=Nc2c(C)cccc2C)cc(C)c1N. The minimum atomic E-state index is 0.825. The number of benzene rings is 2. The number of nitrogens with two attached hydrogens (primary N) is 1. The second kappa shape index (κ2) is 5.22. The molecule has 2 N–H and O–H groups in total. The topological polar surface area (TPSA) is 50.7 Å². The van der Waals surface area contributed by atoms with Crippen molar-refractivity contribution in [2.24, 2.45) is 10.2 Å². The first-order valence-corrected chi connectivity index (χ1v) is 6.33. The first-order chi connectivity index (χ1) is 8.99. The van der Waals surface area contributed by atoms with Crippen molar-refractivity contribution in [1.29, 1.82) is 0 Å². The highest BCUT2D eigenvalue weighted by atomic mass is 15.1. The van der Waals surface area contributed by atoms with E-state index in [9.17, 15) is 0 Å². The Morgan fingerprint density at radius 2 is 1.32 bits per heavy atom. The van der Waals surface area contributed by atoms with Crippen molar-refractivity contribution < 1.29 is 0 Å². The first kappa shape index (κ1) is 13.3. The summed E-state index contributed by atoms with van der Waals surface area (Å²) < 4.78 is 0. The standard InChI is InChI=1S/C16H19N3/c1-10-6-5-7-11(2)16(10)19-18-14-8-12(3)15(17)13(4)9-14/h5-9H,17H2,1-4H3. The molecule has 2 rings (SSSR count). The molecule has 0 aromatic heterocycles. The third kappa shape index (κ3) is 2.81. The van der Waals surface area contributed by atoms with Crippen LogP contribution in [0.2, 0.25) is 0 Å². The predicted molar refractivity (Wildman–Crippen MR) is 80.4 cm³/mol. The van der Waals surface area contributed by atoms with E-state index in [1.54, 1.807) is 0 Å². The average molecular weight is 253 g/mol. The normalized spacial score (nSPS) is 11.2. The zero-order chi connectivity index (χ0) is 14.0. The summed E-state index contributed by atoms with van der Waals surface area (Å²) in [7, 11) is 0. The Kier molecular flexibility index (Phi) is 3.65. The van der Waals surface area contributed by atoms with Gasteiger partial charge in [-0.1, -0.05) is 18.2 Å². The van der Waals surface area contributed by atoms with Gasteiger partial charge in [0.15, 0.2) is 0 Å². The van der Waals surface area contributed by atoms with Crippen LogP contribution < -0.4 is 5.73 Å². The molecule has 0 atom stereocenters. The van der Waals surface area contributed by atoms with Crippen molar-refractivity contribution >= 4 is 17.1 Å². The molecule has 0 aliphatic heterocycles. The number of anilines is 1. The number of hydrogen-bond acceptors (Lipinski definition) is 3. The summed E-state index contributed by atoms with van der Waals surface area (Å²) in [6.45, 7) is 8.06. The molecule has 0 spiro atoms. The van der Waals surface area contributed by atoms with Gasteiger partial charge in [0.25, 0.3) is 0 Å². The van der Waals surface area contributed by atoms with Crippen molar-refractivity contribution in [1.82, 2.24) is 0 Å². The molecule has 0 heterocycles. The smallest absolute Gasteiger partial charge is 0.0915 e. The molecule has 0 saturated carbocycles. The van der Waals surface area contributed by atoms with E-state index in [-0.39, 0.29) is 0 Å². The number of aryl methyl sites for hydroxylation is 4. The number of hydrogen-bond donors (Lipinski definition) is 1. The lowest BCUT2D eigenvalue weighted by atomic mass is 10.1. The second-order valence-corrected chi connectivity index (χ2v) is 4.93. The summed E-state index contributed by atoms with van der Waals surface area (Å²) in [6, 6.07) is 10.0. The highest BCUT2D eigenvalue weighted by Gasteiger charge is 2.03. The van der Waals surface area contributed by atoms with Crippen LogP contribution >= 0.6 is 0 Å². The highest BCUT2D eigenvalue weighted by Crippen LogP contribution is 2.28. The Morgan fingerprint density at radius 1 is 0.789 bits per heavy atom. The van der Waals surface area contributed by atoms with E-state index in [1.807, 2.05) is 58.0 Å². The van der Waals surface area contributed by atoms with Gasteiger partial charge in [0.05, 0.1) is 11.4 Å². The Balaban J connectivity index is 2.38. The quantitative estimate of drug-likeness (QED) is 0.599. The molecule has 98 valence electrons. The Hall–Kier alpha value is -2.16. The van der Waals surface area contributed by atoms with Crippen molar-refractivity contribution in [3.05, 3.63) is 52.6 Å². The zero-order valence-corrected chi connectivity index (χ0v) is 11.9. The molecule has 0 amide bonds. The van der Waals surface area contributed by atoms with E-state index >= 15 is 0 Å². The van der Waals surface area contributed by atoms with Crippen molar-refractivity contribution in [3.63, 3.8) is 0 Å². The minimum Gasteiger partial charge on any atom is -0.398 e. The van der Waals surface area contributed by atoms with E-state index in [0.29, 0.717) is 0 Å². The molecule has 19 heavy (non-hydrogen) atoms. The van der Waals surface area contributed by atoms with E-state index in [4.69, 9.17) is 5.73 Å². The third-order valence-corrected chi connectivity index (χ3v) is 3.28. The molecule has 0 aliphatic carbocycles. The van der Waals surface area contributed by atoms with E-state index in [2.05, 4.69) is 10.2 Å². The van der Waals surface area contributed by atoms with Crippen molar-refractivity contribution in [2.45, 2.75) is 27.7 Å². The van der Waals surface area contributed by atoms with Crippen LogP contribution in [0.5, 0.6) is 0 Å². The van der Waals surface area contributed by atoms with Crippen LogP contribution in [-0.4, -0.2) is 0 Å². The molecule has 2 aromatic rings. The molecule has 0 aliphatic rings. The van der Waals surface area contributed by atoms with E-state index in [1.165, 1.54) is 0 Å². The van der Waals surface area contributed by atoms with E-state index < -0.39 is 0 Å². The van der Waals surface area contributed by atoms with Crippen LogP contribution in [0.3, 0.4) is 0 Å². The summed E-state index contributed by atoms with van der Waals surface area (Å²) in [5.41, 5.74) is 12.9. The van der Waals surface area contributed by atoms with Crippen molar-refractivity contribution in [3.8, 4) is 0 Å². The van der Waals surface area contributed by atoms with Crippen LogP contribution in [0.15, 0.2) is 40.6 Å². The number of nitrogens with zero attached hydrogens (tertiary/aromatic N) is 2. The molecular formula is C16H19N3. The summed E-state index contributed by atoms with van der Waals surface area (Å²) in [5, 5.41) is 8.70. The lowest BCUT2D eigenvalue weighted by molar-refractivity contribution is 1.18. The van der Waals surface area contributed by atoms with Gasteiger partial charge in [0.1, 0.15) is 0 Å². The maximum Gasteiger partial charge on any atom is 0.0915 e. The van der Waals surface area contributed by atoms with Gasteiger partial charge >= 0.3 is 0 Å². The van der Waals surface area contributed by atoms with Crippen molar-refractivity contribution in [2.75, 3.05) is 5.73 Å². The molecular weight excluding hydrogens is 234 g/mol. The molecule has 0 fully saturated rings. The number of rotatable bonds is 2.